The molecule has 1 fully saturated rings. The number of hydrogen-bond acceptors (Lipinski definition) is 3. The predicted molar refractivity (Wildman–Crippen MR) is 70.8 cm³/mol. The van der Waals surface area contributed by atoms with Gasteiger partial charge < -0.3 is 4.74 Å². The Bertz CT molecular complexity index is 448. The van der Waals surface area contributed by atoms with Crippen molar-refractivity contribution in [1.82, 2.24) is 9.55 Å². The molecule has 0 bridgehead atoms. The van der Waals surface area contributed by atoms with Gasteiger partial charge in [0.2, 0.25) is 0 Å². The molecule has 0 saturated carbocycles. The van der Waals surface area contributed by atoms with Gasteiger partial charge >= 0.3 is 0 Å². The Kier molecular flexibility index (Phi) is 4.53. The van der Waals surface area contributed by atoms with Crippen LogP contribution in [0.15, 0.2) is 11.0 Å². The molecule has 1 aliphatic rings. The van der Waals surface area contributed by atoms with Gasteiger partial charge in [0.15, 0.2) is 0 Å². The summed E-state index contributed by atoms with van der Waals surface area (Å²) < 4.78 is 7.36. The Morgan fingerprint density at radius 3 is 3.00 bits per heavy atom. The Labute approximate surface area is 108 Å². The molecule has 0 amide bonds. The van der Waals surface area contributed by atoms with E-state index in [1.54, 1.807) is 10.8 Å². The van der Waals surface area contributed by atoms with Gasteiger partial charge in [-0.3, -0.25) is 9.36 Å². The summed E-state index contributed by atoms with van der Waals surface area (Å²) in [5, 5.41) is 0. The highest BCUT2D eigenvalue weighted by atomic mass is 16.5. The van der Waals surface area contributed by atoms with Crippen LogP contribution in [0.1, 0.15) is 44.0 Å². The molecule has 100 valence electrons. The third-order valence-electron chi connectivity index (χ3n) is 3.53. The summed E-state index contributed by atoms with van der Waals surface area (Å²) in [5.41, 5.74) is 0.867. The summed E-state index contributed by atoms with van der Waals surface area (Å²) in [6, 6.07) is 0. The molecule has 4 heteroatoms. The van der Waals surface area contributed by atoms with Gasteiger partial charge in [0.05, 0.1) is 6.10 Å². The first-order valence-corrected chi connectivity index (χ1v) is 6.87. The van der Waals surface area contributed by atoms with Gasteiger partial charge in [-0.05, 0) is 25.7 Å². The standard InChI is InChI=1S/C14H22N2O2/c1-3-6-13-15-10-11(14(17)16(13)2)9-12-7-4-5-8-18-12/h10,12H,3-9H2,1-2H3. The molecule has 0 aliphatic carbocycles. The van der Waals surface area contributed by atoms with E-state index in [-0.39, 0.29) is 11.7 Å². The number of ether oxygens (including phenoxy) is 1. The third-order valence-corrected chi connectivity index (χ3v) is 3.53. The summed E-state index contributed by atoms with van der Waals surface area (Å²) in [4.78, 5) is 16.6. The lowest BCUT2D eigenvalue weighted by Crippen LogP contribution is -2.30. The fourth-order valence-corrected chi connectivity index (χ4v) is 2.44. The second kappa shape index (κ2) is 6.14. The van der Waals surface area contributed by atoms with Crippen LogP contribution in [0, 0.1) is 0 Å². The molecule has 1 aromatic rings. The minimum atomic E-state index is 0.0858. The van der Waals surface area contributed by atoms with Crippen molar-refractivity contribution in [1.29, 1.82) is 0 Å². The second-order valence-corrected chi connectivity index (χ2v) is 5.01. The van der Waals surface area contributed by atoms with E-state index in [4.69, 9.17) is 4.74 Å². The van der Waals surface area contributed by atoms with E-state index in [2.05, 4.69) is 11.9 Å². The molecule has 1 atom stereocenters. The smallest absolute Gasteiger partial charge is 0.256 e. The van der Waals surface area contributed by atoms with Gasteiger partial charge in [-0.25, -0.2) is 4.98 Å². The van der Waals surface area contributed by atoms with Crippen LogP contribution < -0.4 is 5.56 Å². The van der Waals surface area contributed by atoms with Crippen molar-refractivity contribution in [2.24, 2.45) is 7.05 Å². The summed E-state index contributed by atoms with van der Waals surface area (Å²) in [7, 11) is 1.81. The van der Waals surface area contributed by atoms with Crippen LogP contribution in [-0.4, -0.2) is 22.3 Å². The minimum absolute atomic E-state index is 0.0858. The molecule has 1 saturated heterocycles. The van der Waals surface area contributed by atoms with Gasteiger partial charge in [-0.2, -0.15) is 0 Å². The Hall–Kier alpha value is -1.16. The Balaban J connectivity index is 2.13. The molecule has 4 nitrogen and oxygen atoms in total. The lowest BCUT2D eigenvalue weighted by molar-refractivity contribution is 0.0165. The molecule has 0 spiro atoms. The maximum absolute atomic E-state index is 12.2. The van der Waals surface area contributed by atoms with E-state index in [0.717, 1.165) is 43.7 Å². The summed E-state index contributed by atoms with van der Waals surface area (Å²) in [6.07, 6.45) is 7.90. The van der Waals surface area contributed by atoms with E-state index >= 15 is 0 Å². The van der Waals surface area contributed by atoms with Crippen LogP contribution >= 0.6 is 0 Å². The van der Waals surface area contributed by atoms with Crippen molar-refractivity contribution in [3.63, 3.8) is 0 Å². The monoisotopic (exact) mass is 250 g/mol. The van der Waals surface area contributed by atoms with Crippen LogP contribution in [0.3, 0.4) is 0 Å². The highest BCUT2D eigenvalue weighted by molar-refractivity contribution is 5.09. The quantitative estimate of drug-likeness (QED) is 0.819. The fourth-order valence-electron chi connectivity index (χ4n) is 2.44. The fraction of sp³-hybridized carbons (Fsp3) is 0.714. The molecule has 18 heavy (non-hydrogen) atoms. The van der Waals surface area contributed by atoms with Crippen molar-refractivity contribution in [2.45, 2.75) is 51.6 Å². The van der Waals surface area contributed by atoms with E-state index in [9.17, 15) is 4.79 Å². The largest absolute Gasteiger partial charge is 0.378 e. The molecule has 2 rings (SSSR count). The normalized spacial score (nSPS) is 20.0. The second-order valence-electron chi connectivity index (χ2n) is 5.01. The van der Waals surface area contributed by atoms with E-state index in [1.165, 1.54) is 6.42 Å². The van der Waals surface area contributed by atoms with Crippen molar-refractivity contribution < 1.29 is 4.74 Å². The van der Waals surface area contributed by atoms with Gasteiger partial charge in [-0.15, -0.1) is 0 Å². The zero-order chi connectivity index (χ0) is 13.0. The van der Waals surface area contributed by atoms with Crippen molar-refractivity contribution >= 4 is 0 Å². The molecule has 0 radical (unpaired) electrons. The molecule has 0 N–H and O–H groups in total. The van der Waals surface area contributed by atoms with Crippen LogP contribution in [-0.2, 0) is 24.6 Å². The van der Waals surface area contributed by atoms with Crippen molar-refractivity contribution in [3.8, 4) is 0 Å². The lowest BCUT2D eigenvalue weighted by atomic mass is 10.0. The first-order chi connectivity index (χ1) is 8.72. The van der Waals surface area contributed by atoms with Gasteiger partial charge in [-0.1, -0.05) is 6.92 Å². The number of aromatic nitrogens is 2. The maximum atomic E-state index is 12.2. The first kappa shape index (κ1) is 13.3. The Morgan fingerprint density at radius 1 is 1.50 bits per heavy atom. The number of aryl methyl sites for hydroxylation is 1. The zero-order valence-corrected chi connectivity index (χ0v) is 11.3. The van der Waals surface area contributed by atoms with Crippen LogP contribution in [0.4, 0.5) is 0 Å². The minimum Gasteiger partial charge on any atom is -0.378 e. The van der Waals surface area contributed by atoms with Crippen molar-refractivity contribution in [2.75, 3.05) is 6.61 Å². The molecule has 1 aromatic heterocycles. The average molecular weight is 250 g/mol. The molecular weight excluding hydrogens is 228 g/mol. The predicted octanol–water partition coefficient (Wildman–Crippen LogP) is 1.84. The molecule has 0 aromatic carbocycles. The van der Waals surface area contributed by atoms with E-state index < -0.39 is 0 Å². The molecule has 1 aliphatic heterocycles. The zero-order valence-electron chi connectivity index (χ0n) is 11.3. The van der Waals surface area contributed by atoms with Gasteiger partial charge in [0.25, 0.3) is 5.56 Å². The topological polar surface area (TPSA) is 44.1 Å². The van der Waals surface area contributed by atoms with Crippen LogP contribution in [0.25, 0.3) is 0 Å². The molecule has 2 heterocycles. The lowest BCUT2D eigenvalue weighted by Gasteiger charge is -2.22. The van der Waals surface area contributed by atoms with E-state index in [0.29, 0.717) is 6.42 Å². The third kappa shape index (κ3) is 2.99. The van der Waals surface area contributed by atoms with Gasteiger partial charge in [0.1, 0.15) is 5.82 Å². The molecular formula is C14H22N2O2. The van der Waals surface area contributed by atoms with Crippen LogP contribution in [0.2, 0.25) is 0 Å². The Morgan fingerprint density at radius 2 is 2.33 bits per heavy atom. The molecule has 1 unspecified atom stereocenters. The average Bonchev–Trinajstić information content (AvgIpc) is 2.40. The summed E-state index contributed by atoms with van der Waals surface area (Å²) in [5.74, 6) is 0.871. The van der Waals surface area contributed by atoms with Gasteiger partial charge in [0, 0.05) is 38.3 Å². The van der Waals surface area contributed by atoms with Crippen molar-refractivity contribution in [3.05, 3.63) is 27.9 Å². The number of hydrogen-bond donors (Lipinski definition) is 0. The summed E-state index contributed by atoms with van der Waals surface area (Å²) in [6.45, 7) is 2.92. The number of rotatable bonds is 4. The maximum Gasteiger partial charge on any atom is 0.256 e. The van der Waals surface area contributed by atoms with E-state index in [1.807, 2.05) is 7.05 Å². The SMILES string of the molecule is CCCc1ncc(CC2CCCCO2)c(=O)n1C. The van der Waals surface area contributed by atoms with Crippen LogP contribution in [0.5, 0.6) is 0 Å². The highest BCUT2D eigenvalue weighted by Gasteiger charge is 2.17. The highest BCUT2D eigenvalue weighted by Crippen LogP contribution is 2.15. The first-order valence-electron chi connectivity index (χ1n) is 6.87. The number of nitrogens with zero attached hydrogens (tertiary/aromatic N) is 2. The summed E-state index contributed by atoms with van der Waals surface area (Å²) >= 11 is 0.